The molecule has 0 aromatic rings. The van der Waals surface area contributed by atoms with Gasteiger partial charge in [0, 0.05) is 13.1 Å². The van der Waals surface area contributed by atoms with E-state index in [9.17, 15) is 9.67 Å². The summed E-state index contributed by atoms with van der Waals surface area (Å²) in [7, 11) is -2.57. The lowest BCUT2D eigenvalue weighted by molar-refractivity contribution is 0.102. The predicted molar refractivity (Wildman–Crippen MR) is 107 cm³/mol. The highest BCUT2D eigenvalue weighted by molar-refractivity contribution is 7.46. The van der Waals surface area contributed by atoms with Crippen molar-refractivity contribution in [3.8, 4) is 0 Å². The Balaban J connectivity index is 0. The van der Waals surface area contributed by atoms with Crippen molar-refractivity contribution in [3.05, 3.63) is 0 Å². The minimum atomic E-state index is -4.38. The Hall–Kier alpha value is 0.796. The van der Waals surface area contributed by atoms with Crippen LogP contribution >= 0.6 is 7.82 Å². The molecule has 0 fully saturated rings. The van der Waals surface area contributed by atoms with E-state index in [1.165, 1.54) is 51.4 Å². The van der Waals surface area contributed by atoms with E-state index in [1.54, 1.807) is 0 Å². The molecule has 0 aromatic carbocycles. The number of rotatable bonds is 17. The molecule has 150 valence electrons. The summed E-state index contributed by atoms with van der Waals surface area (Å²) < 4.78 is 14.9. The fourth-order valence-corrected chi connectivity index (χ4v) is 3.04. The molecule has 0 aromatic heterocycles. The maximum absolute atomic E-state index is 10.6. The van der Waals surface area contributed by atoms with E-state index < -0.39 is 7.82 Å². The molecule has 3 N–H and O–H groups in total. The Morgan fingerprint density at radius 2 is 1.44 bits per heavy atom. The van der Waals surface area contributed by atoms with Gasteiger partial charge in [0.15, 0.2) is 0 Å². The standard InChI is InChI=1S/C17H38NO5P.Mg.2H/c1-3-4-5-6-7-8-9-10-11-12-13-17(19)16-18(2)14-15-23-24(20,21)22;;;/h17,19H,3-16H2,1-2H3,(H2,20,21,22);;;. The van der Waals surface area contributed by atoms with E-state index in [2.05, 4.69) is 11.4 Å². The first-order valence-electron chi connectivity index (χ1n) is 9.42. The highest BCUT2D eigenvalue weighted by Gasteiger charge is 2.14. The molecule has 8 heteroatoms. The molecule has 0 bridgehead atoms. The maximum Gasteiger partial charge on any atom is 0.469 e. The molecule has 0 rings (SSSR count). The molecular weight excluding hydrogens is 353 g/mol. The van der Waals surface area contributed by atoms with Crippen LogP contribution in [0.1, 0.15) is 77.6 Å². The molecule has 0 saturated heterocycles. The summed E-state index contributed by atoms with van der Waals surface area (Å²) in [6.45, 7) is 3.09. The second-order valence-electron chi connectivity index (χ2n) is 6.71. The third-order valence-corrected chi connectivity index (χ3v) is 4.66. The topological polar surface area (TPSA) is 90.2 Å². The Bertz CT molecular complexity index is 330. The first-order chi connectivity index (χ1) is 11.3. The van der Waals surface area contributed by atoms with Gasteiger partial charge in [-0.2, -0.15) is 0 Å². The Morgan fingerprint density at radius 3 is 1.92 bits per heavy atom. The Morgan fingerprint density at radius 1 is 0.960 bits per heavy atom. The second kappa shape index (κ2) is 18.2. The number of hydrogen-bond donors (Lipinski definition) is 3. The zero-order valence-electron chi connectivity index (χ0n) is 15.5. The second-order valence-corrected chi connectivity index (χ2v) is 7.95. The number of likely N-dealkylation sites (N-methyl/N-ethyl adjacent to an activating group) is 1. The van der Waals surface area contributed by atoms with Crippen molar-refractivity contribution in [2.45, 2.75) is 83.7 Å². The average Bonchev–Trinajstić information content (AvgIpc) is 2.47. The van der Waals surface area contributed by atoms with Crippen LogP contribution in [0.5, 0.6) is 0 Å². The summed E-state index contributed by atoms with van der Waals surface area (Å²) in [6, 6.07) is 0. The fraction of sp³-hybridized carbons (Fsp3) is 1.00. The highest BCUT2D eigenvalue weighted by Crippen LogP contribution is 2.35. The quantitative estimate of drug-likeness (QED) is 0.200. The van der Waals surface area contributed by atoms with Gasteiger partial charge >= 0.3 is 30.9 Å². The largest absolute Gasteiger partial charge is 0.469 e. The van der Waals surface area contributed by atoms with Crippen LogP contribution in [0.25, 0.3) is 0 Å². The molecule has 0 spiro atoms. The maximum atomic E-state index is 10.6. The molecular formula is C17H40MgNO5P. The Kier molecular flexibility index (Phi) is 20.4. The van der Waals surface area contributed by atoms with Crippen molar-refractivity contribution in [1.82, 2.24) is 4.90 Å². The first-order valence-corrected chi connectivity index (χ1v) is 10.9. The van der Waals surface area contributed by atoms with E-state index in [0.717, 1.165) is 19.3 Å². The summed E-state index contributed by atoms with van der Waals surface area (Å²) in [5, 5.41) is 9.97. The molecule has 0 radical (unpaired) electrons. The van der Waals surface area contributed by atoms with Crippen molar-refractivity contribution in [3.63, 3.8) is 0 Å². The number of hydrogen-bond acceptors (Lipinski definition) is 4. The number of nitrogens with zero attached hydrogens (tertiary/aromatic N) is 1. The van der Waals surface area contributed by atoms with Gasteiger partial charge in [0.1, 0.15) is 0 Å². The van der Waals surface area contributed by atoms with Gasteiger partial charge in [0.05, 0.1) is 12.7 Å². The Labute approximate surface area is 170 Å². The fourth-order valence-electron chi connectivity index (χ4n) is 2.73. The van der Waals surface area contributed by atoms with Crippen LogP contribution in [0, 0.1) is 0 Å². The number of aliphatic hydroxyl groups excluding tert-OH is 1. The smallest absolute Gasteiger partial charge is 0.392 e. The molecule has 1 atom stereocenters. The molecule has 0 aliphatic carbocycles. The van der Waals surface area contributed by atoms with Crippen LogP contribution in [0.2, 0.25) is 0 Å². The van der Waals surface area contributed by atoms with Crippen LogP contribution < -0.4 is 0 Å². The van der Waals surface area contributed by atoms with Gasteiger partial charge in [-0.1, -0.05) is 71.1 Å². The van der Waals surface area contributed by atoms with Gasteiger partial charge < -0.3 is 19.8 Å². The molecule has 0 aliphatic rings. The van der Waals surface area contributed by atoms with Gasteiger partial charge in [0.2, 0.25) is 0 Å². The summed E-state index contributed by atoms with van der Waals surface area (Å²) in [4.78, 5) is 19.0. The minimum Gasteiger partial charge on any atom is -0.392 e. The van der Waals surface area contributed by atoms with E-state index in [1.807, 2.05) is 11.9 Å². The highest BCUT2D eigenvalue weighted by atomic mass is 31.2. The van der Waals surface area contributed by atoms with E-state index in [0.29, 0.717) is 13.1 Å². The van der Waals surface area contributed by atoms with Crippen LogP contribution in [-0.2, 0) is 9.09 Å². The monoisotopic (exact) mass is 393 g/mol. The van der Waals surface area contributed by atoms with Crippen LogP contribution in [0.15, 0.2) is 0 Å². The normalized spacial score (nSPS) is 13.0. The van der Waals surface area contributed by atoms with Crippen molar-refractivity contribution >= 4 is 30.9 Å². The third kappa shape index (κ3) is 22.8. The molecule has 0 heterocycles. The third-order valence-electron chi connectivity index (χ3n) is 4.15. The van der Waals surface area contributed by atoms with Crippen LogP contribution in [0.3, 0.4) is 0 Å². The summed E-state index contributed by atoms with van der Waals surface area (Å²) in [6.07, 6.45) is 13.2. The van der Waals surface area contributed by atoms with Gasteiger partial charge in [-0.25, -0.2) is 4.57 Å². The summed E-state index contributed by atoms with van der Waals surface area (Å²) in [5.41, 5.74) is 0. The van der Waals surface area contributed by atoms with Crippen molar-refractivity contribution in [2.75, 3.05) is 26.7 Å². The predicted octanol–water partition coefficient (Wildman–Crippen LogP) is 2.78. The van der Waals surface area contributed by atoms with Crippen molar-refractivity contribution in [2.24, 2.45) is 0 Å². The first kappa shape index (κ1) is 28.0. The van der Waals surface area contributed by atoms with Crippen molar-refractivity contribution < 1.29 is 24.0 Å². The summed E-state index contributed by atoms with van der Waals surface area (Å²) in [5.74, 6) is 0. The van der Waals surface area contributed by atoms with E-state index in [4.69, 9.17) is 9.79 Å². The van der Waals surface area contributed by atoms with Gasteiger partial charge in [-0.15, -0.1) is 0 Å². The molecule has 6 nitrogen and oxygen atoms in total. The van der Waals surface area contributed by atoms with Crippen LogP contribution in [0.4, 0.5) is 0 Å². The zero-order chi connectivity index (χ0) is 18.3. The number of aliphatic hydroxyl groups is 1. The average molecular weight is 394 g/mol. The zero-order valence-corrected chi connectivity index (χ0v) is 16.4. The van der Waals surface area contributed by atoms with Gasteiger partial charge in [-0.05, 0) is 13.5 Å². The SMILES string of the molecule is CCCCCCCCCCCCC(O)CN(C)CCOP(=O)(O)O.[MgH2]. The summed E-state index contributed by atoms with van der Waals surface area (Å²) >= 11 is 0. The number of unbranched alkanes of at least 4 members (excludes halogenated alkanes) is 9. The van der Waals surface area contributed by atoms with Gasteiger partial charge in [-0.3, -0.25) is 4.52 Å². The molecule has 0 aliphatic heterocycles. The lowest BCUT2D eigenvalue weighted by atomic mass is 10.0. The molecule has 0 saturated carbocycles. The number of phosphoric ester groups is 1. The van der Waals surface area contributed by atoms with Crippen molar-refractivity contribution in [1.29, 1.82) is 0 Å². The lowest BCUT2D eigenvalue weighted by Crippen LogP contribution is -2.31. The van der Waals surface area contributed by atoms with Crippen LogP contribution in [-0.4, -0.2) is 75.7 Å². The molecule has 1 unspecified atom stereocenters. The van der Waals surface area contributed by atoms with E-state index >= 15 is 0 Å². The molecule has 25 heavy (non-hydrogen) atoms. The molecule has 0 amide bonds. The minimum absolute atomic E-state index is 0. The lowest BCUT2D eigenvalue weighted by Gasteiger charge is -2.20. The number of phosphoric acid groups is 1. The van der Waals surface area contributed by atoms with Gasteiger partial charge in [0.25, 0.3) is 0 Å². The van der Waals surface area contributed by atoms with E-state index in [-0.39, 0.29) is 35.8 Å².